The van der Waals surface area contributed by atoms with E-state index >= 15 is 28.8 Å². The second kappa shape index (κ2) is 42.1. The summed E-state index contributed by atoms with van der Waals surface area (Å²) in [4.78, 5) is 186. The smallest absolute Gasteiger partial charge is 0.330 e. The number of nitrogens with zero attached hydrogens (tertiary/aromatic N) is 7. The van der Waals surface area contributed by atoms with E-state index in [1.165, 1.54) is 92.8 Å². The van der Waals surface area contributed by atoms with E-state index in [1.807, 2.05) is 41.5 Å². The molecule has 99 heavy (non-hydrogen) atoms. The SMILES string of the molecule is CC[C@@H]1NC(=O)[C@H]([C@H](O)[C@H](C)C/C=C/C(=O)OC(C)C)NC(=O)[C@H](C(C)C)N(C)C(=O)[C@H](CC(C)C)N(C)C(=O)[C@H](CC(C)C)N(C)C(=O)[C@@H](C)NC(=O)[C@H](C)CC(=O)[C@H](CC(C)C)N(C)C(=O)[C@H](C(C)C)CC(=O)[C@H]([C@@H](C)OCCCCN2CCOCC2)N(C)C(=O)[C@@H](C)N(C)C1=O. The van der Waals surface area contributed by atoms with Crippen LogP contribution >= 0.6 is 0 Å². The van der Waals surface area contributed by atoms with Gasteiger partial charge in [-0.3, -0.25) is 57.6 Å². The molecule has 0 aliphatic carbocycles. The third kappa shape index (κ3) is 26.8. The molecule has 2 saturated heterocycles. The topological polar surface area (TPSA) is 312 Å². The molecule has 0 unspecified atom stereocenters. The normalized spacial score (nSPS) is 27.0. The maximum Gasteiger partial charge on any atom is 0.330 e. The molecule has 566 valence electrons. The van der Waals surface area contributed by atoms with Crippen molar-refractivity contribution in [2.24, 2.45) is 47.3 Å². The molecule has 2 aliphatic rings. The van der Waals surface area contributed by atoms with E-state index in [9.17, 15) is 33.9 Å². The van der Waals surface area contributed by atoms with Crippen molar-refractivity contribution in [1.29, 1.82) is 0 Å². The van der Waals surface area contributed by atoms with Gasteiger partial charge in [-0.05, 0) is 122 Å². The van der Waals surface area contributed by atoms with E-state index in [2.05, 4.69) is 20.9 Å². The fourth-order valence-electron chi connectivity index (χ4n) is 12.9. The molecule has 0 saturated carbocycles. The number of aliphatic hydroxyl groups is 1. The van der Waals surface area contributed by atoms with E-state index < -0.39 is 173 Å². The van der Waals surface area contributed by atoms with E-state index in [1.54, 1.807) is 69.2 Å². The van der Waals surface area contributed by atoms with Crippen LogP contribution in [0.25, 0.3) is 0 Å². The van der Waals surface area contributed by atoms with Crippen molar-refractivity contribution in [3.05, 3.63) is 12.2 Å². The average molecular weight is 1400 g/mol. The van der Waals surface area contributed by atoms with Gasteiger partial charge in [0.2, 0.25) is 53.2 Å². The predicted octanol–water partition coefficient (Wildman–Crippen LogP) is 4.90. The molecule has 0 spiro atoms. The third-order valence-electron chi connectivity index (χ3n) is 19.2. The van der Waals surface area contributed by atoms with Gasteiger partial charge in [0.15, 0.2) is 11.6 Å². The summed E-state index contributed by atoms with van der Waals surface area (Å²) in [5.41, 5.74) is 0. The highest BCUT2D eigenvalue weighted by molar-refractivity contribution is 6.00. The molecule has 14 atom stereocenters. The number of hydrogen-bond acceptors (Lipinski definition) is 17. The van der Waals surface area contributed by atoms with Crippen molar-refractivity contribution in [1.82, 2.24) is 50.2 Å². The van der Waals surface area contributed by atoms with Gasteiger partial charge in [0.1, 0.15) is 48.3 Å². The third-order valence-corrected chi connectivity index (χ3v) is 19.2. The minimum Gasteiger partial charge on any atom is -0.460 e. The first-order valence-corrected chi connectivity index (χ1v) is 36.1. The fourth-order valence-corrected chi connectivity index (χ4v) is 12.9. The number of nitrogens with one attached hydrogen (secondary N) is 3. The lowest BCUT2D eigenvalue weighted by Crippen LogP contribution is -2.63. The number of carbonyl (C=O) groups is 12. The van der Waals surface area contributed by atoms with Crippen LogP contribution in [0.4, 0.5) is 0 Å². The maximum absolute atomic E-state index is 15.2. The van der Waals surface area contributed by atoms with Gasteiger partial charge in [-0.2, -0.15) is 0 Å². The molecule has 0 aromatic carbocycles. The molecular formula is C73H128N10O16. The molecule has 4 N–H and O–H groups in total. The average Bonchev–Trinajstić information content (AvgIpc) is 0.820. The second-order valence-corrected chi connectivity index (χ2v) is 30.0. The van der Waals surface area contributed by atoms with Crippen molar-refractivity contribution in [2.45, 2.75) is 255 Å². The zero-order valence-electron chi connectivity index (χ0n) is 64.5. The van der Waals surface area contributed by atoms with Gasteiger partial charge in [-0.15, -0.1) is 0 Å². The Labute approximate surface area is 591 Å². The molecule has 0 aromatic rings. The largest absolute Gasteiger partial charge is 0.460 e. The number of allylic oxidation sites excluding steroid dienone is 1. The minimum atomic E-state index is -1.81. The van der Waals surface area contributed by atoms with E-state index in [-0.39, 0.29) is 69.3 Å². The number of aliphatic hydroxyl groups excluding tert-OH is 1. The van der Waals surface area contributed by atoms with Crippen LogP contribution in [0.3, 0.4) is 0 Å². The van der Waals surface area contributed by atoms with Gasteiger partial charge >= 0.3 is 5.97 Å². The lowest BCUT2D eigenvalue weighted by molar-refractivity contribution is -0.154. The van der Waals surface area contributed by atoms with E-state index in [0.717, 1.165) is 31.0 Å². The van der Waals surface area contributed by atoms with Crippen LogP contribution in [-0.2, 0) is 71.7 Å². The first-order chi connectivity index (χ1) is 46.0. The van der Waals surface area contributed by atoms with Gasteiger partial charge in [0.05, 0.1) is 37.6 Å². The Kier molecular flexibility index (Phi) is 37.8. The van der Waals surface area contributed by atoms with Gasteiger partial charge < -0.3 is 64.7 Å². The van der Waals surface area contributed by atoms with Crippen molar-refractivity contribution < 1.29 is 76.9 Å². The number of carbonyl (C=O) groups excluding carboxylic acids is 12. The zero-order valence-corrected chi connectivity index (χ0v) is 64.5. The number of unbranched alkanes of at least 4 members (excludes halogenated alkanes) is 1. The monoisotopic (exact) mass is 1400 g/mol. The Morgan fingerprint density at radius 1 is 0.566 bits per heavy atom. The van der Waals surface area contributed by atoms with Crippen LogP contribution in [0, 0.1) is 47.3 Å². The number of likely N-dealkylation sites (N-methyl/N-ethyl adjacent to an activating group) is 6. The number of ether oxygens (including phenoxy) is 3. The van der Waals surface area contributed by atoms with Crippen LogP contribution in [0.5, 0.6) is 0 Å². The summed E-state index contributed by atoms with van der Waals surface area (Å²) in [6, 6.07) is -11.7. The molecule has 26 heteroatoms. The summed E-state index contributed by atoms with van der Waals surface area (Å²) in [5, 5.41) is 20.4. The Bertz CT molecular complexity index is 2720. The van der Waals surface area contributed by atoms with Crippen LogP contribution < -0.4 is 16.0 Å². The number of hydrogen-bond donors (Lipinski definition) is 4. The minimum absolute atomic E-state index is 0.00194. The van der Waals surface area contributed by atoms with Crippen LogP contribution in [0.15, 0.2) is 12.2 Å². The summed E-state index contributed by atoms with van der Waals surface area (Å²) < 4.78 is 17.1. The Balaban J connectivity index is 3.01. The molecule has 26 nitrogen and oxygen atoms in total. The van der Waals surface area contributed by atoms with Gasteiger partial charge in [0.25, 0.3) is 0 Å². The summed E-state index contributed by atoms with van der Waals surface area (Å²) in [6.07, 6.45) is 0.688. The van der Waals surface area contributed by atoms with E-state index in [4.69, 9.17) is 14.2 Å². The molecule has 2 rings (SSSR count). The molecule has 2 fully saturated rings. The standard InChI is InChI=1S/C73H128N10O16/c1-25-54-71(94)77(19)51(17)69(92)82(24)63(52(18)98-34-27-26-31-83-32-35-97-36-33-83)59(85)41-53(45(8)9)70(93)78(20)55(37-42(2)3)58(84)40-49(15)65(88)74-50(16)68(91)79(21)56(38-43(4)5)72(95)80(22)57(39-44(6)7)73(96)81(23)62(46(10)11)67(90)76-61(66(89)75-54)64(87)48(14)29-28-30-60(86)99-47(12)13/h28,30,42-57,61-64,87H,25-27,29,31-41H2,1-24H3,(H,74,88)(H,75,89)(H,76,90)/b30-28+/t48-,49-,50-,51-,52-,53+,54+,55+,56+,57+,61+,62+,63+,64-/m1/s1. The van der Waals surface area contributed by atoms with Crippen LogP contribution in [0.1, 0.15) is 182 Å². The van der Waals surface area contributed by atoms with Crippen molar-refractivity contribution in [3.8, 4) is 0 Å². The first-order valence-electron chi connectivity index (χ1n) is 36.1. The highest BCUT2D eigenvalue weighted by Crippen LogP contribution is 2.28. The van der Waals surface area contributed by atoms with Gasteiger partial charge in [-0.25, -0.2) is 4.79 Å². The second-order valence-electron chi connectivity index (χ2n) is 30.0. The lowest BCUT2D eigenvalue weighted by Gasteiger charge is -2.40. The molecule has 9 amide bonds. The maximum atomic E-state index is 15.2. The van der Waals surface area contributed by atoms with Crippen LogP contribution in [0.2, 0.25) is 0 Å². The highest BCUT2D eigenvalue weighted by Gasteiger charge is 2.45. The number of rotatable bonds is 22. The summed E-state index contributed by atoms with van der Waals surface area (Å²) in [7, 11) is 8.57. The molecular weight excluding hydrogens is 1270 g/mol. The zero-order chi connectivity index (χ0) is 75.8. The first kappa shape index (κ1) is 88.7. The Morgan fingerprint density at radius 2 is 1.08 bits per heavy atom. The molecule has 2 aliphatic heterocycles. The Morgan fingerprint density at radius 3 is 1.60 bits per heavy atom. The number of amides is 9. The summed E-state index contributed by atoms with van der Waals surface area (Å²) in [6.45, 7) is 34.8. The molecule has 0 bridgehead atoms. The van der Waals surface area contributed by atoms with Crippen LogP contribution in [-0.4, -0.2) is 265 Å². The van der Waals surface area contributed by atoms with Gasteiger partial charge in [-0.1, -0.05) is 96.1 Å². The quantitative estimate of drug-likeness (QED) is 0.0636. The predicted molar refractivity (Wildman–Crippen MR) is 379 cm³/mol. The number of esters is 1. The molecule has 0 aromatic heterocycles. The lowest BCUT2D eigenvalue weighted by atomic mass is 9.85. The number of ketones is 2. The Hall–Kier alpha value is -6.38. The fraction of sp³-hybridized carbons (Fsp3) is 0.808. The summed E-state index contributed by atoms with van der Waals surface area (Å²) in [5.74, 6) is -12.4. The number of morpholine rings is 1. The molecule has 2 heterocycles. The van der Waals surface area contributed by atoms with Crippen molar-refractivity contribution >= 4 is 70.7 Å². The highest BCUT2D eigenvalue weighted by atomic mass is 16.5. The van der Waals surface area contributed by atoms with Crippen molar-refractivity contribution in [3.63, 3.8) is 0 Å². The summed E-state index contributed by atoms with van der Waals surface area (Å²) >= 11 is 0. The van der Waals surface area contributed by atoms with Gasteiger partial charge in [0, 0.05) is 92.7 Å². The number of Topliss-reactive ketones (excluding diaryl/α,β-unsaturated/α-hetero) is 2. The van der Waals surface area contributed by atoms with E-state index in [0.29, 0.717) is 19.6 Å². The molecule has 0 radical (unpaired) electrons. The van der Waals surface area contributed by atoms with Crippen molar-refractivity contribution in [2.75, 3.05) is 81.7 Å².